The summed E-state index contributed by atoms with van der Waals surface area (Å²) in [5.41, 5.74) is 0.853. The molecule has 18 heavy (non-hydrogen) atoms. The normalized spacial score (nSPS) is 28.3. The number of aromatic hydroxyl groups is 1. The van der Waals surface area contributed by atoms with E-state index >= 15 is 0 Å². The summed E-state index contributed by atoms with van der Waals surface area (Å²) < 4.78 is 13.2. The fraction of sp³-hybridized carbons (Fsp3) is 0.571. The summed E-state index contributed by atoms with van der Waals surface area (Å²) in [7, 11) is 0. The summed E-state index contributed by atoms with van der Waals surface area (Å²) in [6.07, 6.45) is 2.55. The number of piperidine rings is 1. The molecule has 0 aromatic heterocycles. The zero-order chi connectivity index (χ0) is 12.5. The zero-order valence-electron chi connectivity index (χ0n) is 10.4. The van der Waals surface area contributed by atoms with Crippen molar-refractivity contribution in [2.75, 3.05) is 19.6 Å². The van der Waals surface area contributed by atoms with Crippen molar-refractivity contribution in [1.29, 1.82) is 0 Å². The van der Waals surface area contributed by atoms with Crippen LogP contribution in [0.15, 0.2) is 18.2 Å². The highest BCUT2D eigenvalue weighted by Crippen LogP contribution is 2.26. The van der Waals surface area contributed by atoms with E-state index in [1.165, 1.54) is 18.9 Å². The number of benzene rings is 1. The van der Waals surface area contributed by atoms with Gasteiger partial charge in [-0.15, -0.1) is 0 Å². The molecule has 0 saturated carbocycles. The summed E-state index contributed by atoms with van der Waals surface area (Å²) >= 11 is 0. The van der Waals surface area contributed by atoms with Crippen molar-refractivity contribution in [1.82, 2.24) is 10.2 Å². The van der Waals surface area contributed by atoms with Gasteiger partial charge in [0, 0.05) is 31.7 Å². The molecule has 2 aliphatic heterocycles. The van der Waals surface area contributed by atoms with Gasteiger partial charge in [-0.25, -0.2) is 4.39 Å². The molecule has 1 aromatic rings. The Morgan fingerprint density at radius 3 is 3.00 bits per heavy atom. The Hall–Kier alpha value is -1.13. The molecule has 1 aromatic carbocycles. The summed E-state index contributed by atoms with van der Waals surface area (Å²) in [6, 6.07) is 4.91. The highest BCUT2D eigenvalue weighted by atomic mass is 19.1. The molecule has 0 radical (unpaired) electrons. The first-order chi connectivity index (χ1) is 8.70. The van der Waals surface area contributed by atoms with Gasteiger partial charge in [0.15, 0.2) is 0 Å². The SMILES string of the molecule is Oc1cc(F)cc(CN2C[C@@H]3CCCN[C@@H]3C2)c1. The van der Waals surface area contributed by atoms with Gasteiger partial charge in [-0.2, -0.15) is 0 Å². The van der Waals surface area contributed by atoms with Crippen LogP contribution in [0.3, 0.4) is 0 Å². The van der Waals surface area contributed by atoms with E-state index in [2.05, 4.69) is 10.2 Å². The molecule has 0 amide bonds. The molecule has 2 heterocycles. The predicted molar refractivity (Wildman–Crippen MR) is 67.9 cm³/mol. The van der Waals surface area contributed by atoms with Crippen molar-refractivity contribution in [2.45, 2.75) is 25.4 Å². The molecule has 3 nitrogen and oxygen atoms in total. The third-order valence-electron chi connectivity index (χ3n) is 4.02. The third-order valence-corrected chi connectivity index (χ3v) is 4.02. The predicted octanol–water partition coefficient (Wildman–Crippen LogP) is 1.72. The second-order valence-electron chi connectivity index (χ2n) is 5.47. The number of nitrogens with one attached hydrogen (secondary N) is 1. The highest BCUT2D eigenvalue weighted by molar-refractivity contribution is 5.28. The lowest BCUT2D eigenvalue weighted by atomic mass is 9.94. The molecule has 2 saturated heterocycles. The number of phenols is 1. The molecule has 0 aliphatic carbocycles. The first-order valence-corrected chi connectivity index (χ1v) is 6.65. The van der Waals surface area contributed by atoms with E-state index in [-0.39, 0.29) is 11.6 Å². The van der Waals surface area contributed by atoms with Gasteiger partial charge in [0.1, 0.15) is 11.6 Å². The monoisotopic (exact) mass is 250 g/mol. The first-order valence-electron chi connectivity index (χ1n) is 6.65. The van der Waals surface area contributed by atoms with Gasteiger partial charge >= 0.3 is 0 Å². The Labute approximate surface area is 107 Å². The summed E-state index contributed by atoms with van der Waals surface area (Å²) in [5, 5.41) is 13.0. The minimum absolute atomic E-state index is 0.0136. The standard InChI is InChI=1S/C14H19FN2O/c15-12-4-10(5-13(18)6-12)7-17-8-11-2-1-3-16-14(11)9-17/h4-6,11,14,16,18H,1-3,7-9H2/t11-,14+/m0/s1. The van der Waals surface area contributed by atoms with Crippen LogP contribution in [0.25, 0.3) is 0 Å². The first kappa shape index (κ1) is 11.9. The van der Waals surface area contributed by atoms with Gasteiger partial charge < -0.3 is 10.4 Å². The second kappa shape index (κ2) is 4.86. The van der Waals surface area contributed by atoms with E-state index in [0.717, 1.165) is 43.7 Å². The molecule has 98 valence electrons. The molecule has 2 aliphatic rings. The maximum absolute atomic E-state index is 13.2. The number of hydrogen-bond acceptors (Lipinski definition) is 3. The largest absolute Gasteiger partial charge is 0.508 e. The molecule has 2 N–H and O–H groups in total. The van der Waals surface area contributed by atoms with Crippen LogP contribution in [0.5, 0.6) is 5.75 Å². The molecule has 3 rings (SSSR count). The maximum Gasteiger partial charge on any atom is 0.127 e. The Kier molecular flexibility index (Phi) is 3.22. The van der Waals surface area contributed by atoms with Crippen LogP contribution in [-0.4, -0.2) is 35.7 Å². The van der Waals surface area contributed by atoms with Crippen molar-refractivity contribution in [3.05, 3.63) is 29.6 Å². The Bertz CT molecular complexity index is 404. The Balaban J connectivity index is 1.66. The lowest BCUT2D eigenvalue weighted by molar-refractivity contribution is 0.311. The Morgan fingerprint density at radius 1 is 1.33 bits per heavy atom. The van der Waals surface area contributed by atoms with Crippen molar-refractivity contribution in [2.24, 2.45) is 5.92 Å². The van der Waals surface area contributed by atoms with E-state index < -0.39 is 0 Å². The average molecular weight is 250 g/mol. The second-order valence-corrected chi connectivity index (χ2v) is 5.47. The van der Waals surface area contributed by atoms with Gasteiger partial charge in [0.05, 0.1) is 0 Å². The third kappa shape index (κ3) is 2.49. The van der Waals surface area contributed by atoms with Gasteiger partial charge in [-0.3, -0.25) is 4.90 Å². The Morgan fingerprint density at radius 2 is 2.22 bits per heavy atom. The minimum Gasteiger partial charge on any atom is -0.508 e. The zero-order valence-corrected chi connectivity index (χ0v) is 10.4. The number of rotatable bonds is 2. The van der Waals surface area contributed by atoms with E-state index in [1.54, 1.807) is 6.07 Å². The van der Waals surface area contributed by atoms with Crippen LogP contribution in [0.4, 0.5) is 4.39 Å². The molecular formula is C14H19FN2O. The van der Waals surface area contributed by atoms with E-state index in [9.17, 15) is 9.50 Å². The van der Waals surface area contributed by atoms with Crippen molar-refractivity contribution in [3.8, 4) is 5.75 Å². The van der Waals surface area contributed by atoms with Crippen LogP contribution < -0.4 is 5.32 Å². The van der Waals surface area contributed by atoms with E-state index in [0.29, 0.717) is 6.04 Å². The lowest BCUT2D eigenvalue weighted by Crippen LogP contribution is -2.40. The number of halogens is 1. The molecule has 0 spiro atoms. The van der Waals surface area contributed by atoms with E-state index in [1.807, 2.05) is 0 Å². The molecule has 0 unspecified atom stereocenters. The molecule has 2 fully saturated rings. The lowest BCUT2D eigenvalue weighted by Gasteiger charge is -2.24. The number of phenolic OH excluding ortho intramolecular Hbond substituents is 1. The summed E-state index contributed by atoms with van der Waals surface area (Å²) in [6.45, 7) is 3.95. The number of hydrogen-bond donors (Lipinski definition) is 2. The van der Waals surface area contributed by atoms with Gasteiger partial charge in [-0.1, -0.05) is 0 Å². The van der Waals surface area contributed by atoms with Crippen molar-refractivity contribution >= 4 is 0 Å². The van der Waals surface area contributed by atoms with Crippen LogP contribution in [-0.2, 0) is 6.54 Å². The maximum atomic E-state index is 13.2. The van der Waals surface area contributed by atoms with Crippen molar-refractivity contribution < 1.29 is 9.50 Å². The number of likely N-dealkylation sites (tertiary alicyclic amines) is 1. The molecular weight excluding hydrogens is 231 g/mol. The molecule has 2 atom stereocenters. The van der Waals surface area contributed by atoms with Gasteiger partial charge in [0.2, 0.25) is 0 Å². The van der Waals surface area contributed by atoms with Crippen LogP contribution in [0.1, 0.15) is 18.4 Å². The van der Waals surface area contributed by atoms with Gasteiger partial charge in [-0.05, 0) is 43.0 Å². The van der Waals surface area contributed by atoms with Gasteiger partial charge in [0.25, 0.3) is 0 Å². The van der Waals surface area contributed by atoms with E-state index in [4.69, 9.17) is 0 Å². The quantitative estimate of drug-likeness (QED) is 0.839. The average Bonchev–Trinajstić information content (AvgIpc) is 2.69. The topological polar surface area (TPSA) is 35.5 Å². The summed E-state index contributed by atoms with van der Waals surface area (Å²) in [5.74, 6) is 0.389. The summed E-state index contributed by atoms with van der Waals surface area (Å²) in [4.78, 5) is 2.35. The highest BCUT2D eigenvalue weighted by Gasteiger charge is 2.33. The fourth-order valence-corrected chi connectivity index (χ4v) is 3.25. The number of fused-ring (bicyclic) bond motifs is 1. The molecule has 4 heteroatoms. The number of nitrogens with zero attached hydrogens (tertiary/aromatic N) is 1. The minimum atomic E-state index is -0.361. The van der Waals surface area contributed by atoms with Crippen LogP contribution >= 0.6 is 0 Å². The molecule has 0 bridgehead atoms. The van der Waals surface area contributed by atoms with Crippen LogP contribution in [0.2, 0.25) is 0 Å². The fourth-order valence-electron chi connectivity index (χ4n) is 3.25. The van der Waals surface area contributed by atoms with Crippen molar-refractivity contribution in [3.63, 3.8) is 0 Å². The smallest absolute Gasteiger partial charge is 0.127 e. The van der Waals surface area contributed by atoms with Crippen LogP contribution in [0, 0.1) is 11.7 Å².